The van der Waals surface area contributed by atoms with Crippen LogP contribution in [-0.4, -0.2) is 55.1 Å². The normalized spacial score (nSPS) is 9.48. The lowest BCUT2D eigenvalue weighted by molar-refractivity contribution is 0.545. The van der Waals surface area contributed by atoms with Crippen molar-refractivity contribution in [2.45, 2.75) is 295 Å². The summed E-state index contributed by atoms with van der Waals surface area (Å²) in [7, 11) is 0. The van der Waals surface area contributed by atoms with Gasteiger partial charge >= 0.3 is 0 Å². The van der Waals surface area contributed by atoms with E-state index in [1.807, 2.05) is 196 Å². The minimum atomic E-state index is 0.0707. The van der Waals surface area contributed by atoms with E-state index in [1.165, 1.54) is 16.7 Å². The SMILES string of the molecule is CC.CC.CC.CC.CC.CC.CC.CC.CC(C)(C)c1ccccn1.CC(C)(C)c1ccncn1.CC(C)(C)c1cnccn1.CC(C)(C)c1ncccn1.CC(C)c1ccccc1.CC(C)c1cccnc1.CC(C)c1cccnn1.CC(C)c1ccncc1. The van der Waals surface area contributed by atoms with Crippen molar-refractivity contribution < 1.29 is 0 Å². The molecule has 7 aromatic heterocycles. The lowest BCUT2D eigenvalue weighted by atomic mass is 9.92. The molecule has 0 N–H and O–H groups in total. The average molecular weight is 1270 g/mol. The first kappa shape index (κ1) is 101. The smallest absolute Gasteiger partial charge is 0.133 e. The Morgan fingerprint density at radius 3 is 0.924 bits per heavy atom. The maximum Gasteiger partial charge on any atom is 0.133 e. The number of hydrogen-bond acceptors (Lipinski definition) is 11. The minimum Gasteiger partial charge on any atom is -0.265 e. The molecule has 11 heteroatoms. The van der Waals surface area contributed by atoms with Gasteiger partial charge in [0, 0.05) is 107 Å². The van der Waals surface area contributed by atoms with Crippen molar-refractivity contribution in [2.24, 2.45) is 0 Å². The summed E-state index contributed by atoms with van der Waals surface area (Å²) in [5.41, 5.74) is 8.91. The molecule has 0 aliphatic rings. The van der Waals surface area contributed by atoms with Crippen molar-refractivity contribution in [3.05, 3.63) is 223 Å². The Labute approximate surface area is 569 Å². The maximum absolute atomic E-state index is 4.25. The first-order valence-electron chi connectivity index (χ1n) is 34.5. The van der Waals surface area contributed by atoms with Gasteiger partial charge in [-0.25, -0.2) is 19.9 Å². The quantitative estimate of drug-likeness (QED) is 0.166. The third-order valence-electron chi connectivity index (χ3n) is 10.7. The van der Waals surface area contributed by atoms with Crippen LogP contribution in [0.4, 0.5) is 0 Å². The van der Waals surface area contributed by atoms with E-state index in [4.69, 9.17) is 0 Å². The molecular formula is C81H141N11. The van der Waals surface area contributed by atoms with Gasteiger partial charge in [0.25, 0.3) is 0 Å². The second-order valence-electron chi connectivity index (χ2n) is 23.2. The Morgan fingerprint density at radius 2 is 0.663 bits per heavy atom. The van der Waals surface area contributed by atoms with Crippen molar-refractivity contribution in [3.8, 4) is 0 Å². The fourth-order valence-corrected chi connectivity index (χ4v) is 5.84. The monoisotopic (exact) mass is 1270 g/mol. The predicted octanol–water partition coefficient (Wildman–Crippen LogP) is 24.7. The van der Waals surface area contributed by atoms with Gasteiger partial charge in [-0.2, -0.15) is 10.2 Å². The van der Waals surface area contributed by atoms with Crippen LogP contribution in [-0.2, 0) is 21.7 Å². The number of hydrogen-bond donors (Lipinski definition) is 0. The molecule has 0 spiro atoms. The Hall–Kier alpha value is -7.01. The van der Waals surface area contributed by atoms with Crippen LogP contribution >= 0.6 is 0 Å². The van der Waals surface area contributed by atoms with Crippen LogP contribution in [0.1, 0.15) is 318 Å². The van der Waals surface area contributed by atoms with Crippen LogP contribution in [0.15, 0.2) is 178 Å². The third kappa shape index (κ3) is 59.3. The van der Waals surface area contributed by atoms with Crippen LogP contribution in [0.5, 0.6) is 0 Å². The highest BCUT2D eigenvalue weighted by Crippen LogP contribution is 2.20. The summed E-state index contributed by atoms with van der Waals surface area (Å²) in [5, 5.41) is 7.68. The predicted molar refractivity (Wildman–Crippen MR) is 409 cm³/mol. The standard InChI is InChI=1S/C9H13N.C9H12.3C8H12N2.2C8H11N.C7H10N2.8C2H6/c1-9(2,3)8-6-4-5-7-10-8;1-8(2)9-6-4-3-5-7-9;1-8(2,3)7-6-9-4-5-10-7;1-8(2,3)7-4-5-9-6-10-7;1-8(2,3)7-9-5-4-6-10-7;1-7(2)8-3-5-9-6-4-8;1-7(2)8-4-3-5-9-6-8;1-6(2)7-4-3-5-8-9-7;8*1-2/h4-7H,1-3H3;3-8H,1-2H3;3*4-6H,1-3H3;2*3-7H,1-2H3;3-6H,1-2H3;8*1-2H3. The van der Waals surface area contributed by atoms with Gasteiger partial charge in [0.2, 0.25) is 0 Å². The third-order valence-corrected chi connectivity index (χ3v) is 10.7. The van der Waals surface area contributed by atoms with E-state index in [0.29, 0.717) is 23.7 Å². The van der Waals surface area contributed by atoms with E-state index in [9.17, 15) is 0 Å². The molecule has 0 bridgehead atoms. The van der Waals surface area contributed by atoms with E-state index in [2.05, 4.69) is 230 Å². The highest BCUT2D eigenvalue weighted by atomic mass is 15.1. The van der Waals surface area contributed by atoms with E-state index < -0.39 is 0 Å². The van der Waals surface area contributed by atoms with Crippen molar-refractivity contribution in [1.82, 2.24) is 55.1 Å². The molecule has 0 saturated heterocycles. The van der Waals surface area contributed by atoms with Gasteiger partial charge in [-0.1, -0.05) is 292 Å². The molecule has 0 unspecified atom stereocenters. The molecule has 520 valence electrons. The zero-order valence-corrected chi connectivity index (χ0v) is 66.0. The van der Waals surface area contributed by atoms with Crippen molar-refractivity contribution >= 4 is 0 Å². The summed E-state index contributed by atoms with van der Waals surface area (Å²) in [5.74, 6) is 3.26. The van der Waals surface area contributed by atoms with Crippen molar-refractivity contribution in [2.75, 3.05) is 0 Å². The topological polar surface area (TPSA) is 142 Å². The second kappa shape index (κ2) is 66.9. The number of nitrogens with zero attached hydrogens (tertiary/aromatic N) is 11. The van der Waals surface area contributed by atoms with E-state index in [-0.39, 0.29) is 21.7 Å². The first-order valence-corrected chi connectivity index (χ1v) is 34.5. The van der Waals surface area contributed by atoms with E-state index in [0.717, 1.165) is 28.6 Å². The van der Waals surface area contributed by atoms with Gasteiger partial charge in [0.1, 0.15) is 12.2 Å². The van der Waals surface area contributed by atoms with Gasteiger partial charge in [-0.05, 0) is 95.0 Å². The summed E-state index contributed by atoms with van der Waals surface area (Å²) in [4.78, 5) is 36.6. The number of pyridine rings is 3. The summed E-state index contributed by atoms with van der Waals surface area (Å²) >= 11 is 0. The zero-order valence-electron chi connectivity index (χ0n) is 66.0. The highest BCUT2D eigenvalue weighted by molar-refractivity contribution is 5.18. The van der Waals surface area contributed by atoms with Gasteiger partial charge in [0.15, 0.2) is 0 Å². The van der Waals surface area contributed by atoms with Gasteiger partial charge in [-0.15, -0.1) is 0 Å². The number of aromatic nitrogens is 11. The number of rotatable bonds is 4. The molecule has 0 saturated carbocycles. The Bertz CT molecular complexity index is 2210. The molecule has 0 radical (unpaired) electrons. The fourth-order valence-electron chi connectivity index (χ4n) is 5.84. The van der Waals surface area contributed by atoms with Gasteiger partial charge < -0.3 is 0 Å². The Kier molecular flexibility index (Phi) is 73.5. The van der Waals surface area contributed by atoms with Crippen LogP contribution in [0.25, 0.3) is 0 Å². The molecule has 8 rings (SSSR count). The molecule has 0 atom stereocenters. The molecule has 0 fully saturated rings. The van der Waals surface area contributed by atoms with E-state index in [1.54, 1.807) is 55.9 Å². The molecule has 0 aliphatic heterocycles. The van der Waals surface area contributed by atoms with Crippen molar-refractivity contribution in [3.63, 3.8) is 0 Å². The van der Waals surface area contributed by atoms with Crippen LogP contribution in [0.2, 0.25) is 0 Å². The summed E-state index contributed by atoms with van der Waals surface area (Å²) < 4.78 is 0. The first-order chi connectivity index (χ1) is 43.6. The molecule has 0 amide bonds. The second-order valence-corrected chi connectivity index (χ2v) is 23.2. The molecule has 8 aromatic rings. The molecule has 11 nitrogen and oxygen atoms in total. The Balaban J connectivity index is -0.000000141. The van der Waals surface area contributed by atoms with Crippen LogP contribution < -0.4 is 0 Å². The molecular weight excluding hydrogens is 1130 g/mol. The molecule has 1 aromatic carbocycles. The Morgan fingerprint density at radius 1 is 0.261 bits per heavy atom. The van der Waals surface area contributed by atoms with Crippen molar-refractivity contribution in [1.29, 1.82) is 0 Å². The highest BCUT2D eigenvalue weighted by Gasteiger charge is 2.16. The average Bonchev–Trinajstić information content (AvgIpc) is 3.76. The lowest BCUT2D eigenvalue weighted by Crippen LogP contribution is -2.14. The summed E-state index contributed by atoms with van der Waals surface area (Å²) in [6, 6.07) is 32.4. The molecule has 7 heterocycles. The summed E-state index contributed by atoms with van der Waals surface area (Å²) in [6.45, 7) is 74.8. The lowest BCUT2D eigenvalue weighted by Gasteiger charge is -2.16. The maximum atomic E-state index is 4.25. The van der Waals surface area contributed by atoms with E-state index >= 15 is 0 Å². The zero-order chi connectivity index (χ0) is 73.2. The largest absolute Gasteiger partial charge is 0.265 e. The van der Waals surface area contributed by atoms with Gasteiger partial charge in [0.05, 0.1) is 11.4 Å². The van der Waals surface area contributed by atoms with Crippen LogP contribution in [0, 0.1) is 0 Å². The summed E-state index contributed by atoms with van der Waals surface area (Å²) in [6.07, 6.45) is 23.0. The number of benzene rings is 1. The molecule has 92 heavy (non-hydrogen) atoms. The fraction of sp³-hybridized carbons (Fsp3) is 0.543. The molecule has 0 aliphatic carbocycles. The van der Waals surface area contributed by atoms with Gasteiger partial charge in [-0.3, -0.25) is 24.9 Å². The minimum absolute atomic E-state index is 0.0707. The van der Waals surface area contributed by atoms with Crippen LogP contribution in [0.3, 0.4) is 0 Å².